The largest absolute Gasteiger partial charge is 0.495 e. The van der Waals surface area contributed by atoms with Crippen LogP contribution in [0.25, 0.3) is 10.8 Å². The second-order valence-electron chi connectivity index (χ2n) is 7.54. The monoisotopic (exact) mass is 430 g/mol. The van der Waals surface area contributed by atoms with Gasteiger partial charge in [0.05, 0.1) is 18.7 Å². The second-order valence-corrected chi connectivity index (χ2v) is 7.94. The smallest absolute Gasteiger partial charge is 0.159 e. The molecule has 8 heteroatoms. The molecule has 0 bridgehead atoms. The summed E-state index contributed by atoms with van der Waals surface area (Å²) in [7, 11) is 1.59. The van der Waals surface area contributed by atoms with Gasteiger partial charge in [-0.25, -0.2) is 4.39 Å². The molecule has 0 radical (unpaired) electrons. The van der Waals surface area contributed by atoms with E-state index in [0.717, 1.165) is 22.2 Å². The molecule has 6 nitrogen and oxygen atoms in total. The molecule has 0 aliphatic carbocycles. The number of aliphatic hydroxyl groups excluding tert-OH is 1. The van der Waals surface area contributed by atoms with Crippen molar-refractivity contribution in [2.45, 2.75) is 25.1 Å². The number of methoxy groups -OCH3 is 1. The normalized spacial score (nSPS) is 15.9. The van der Waals surface area contributed by atoms with E-state index in [9.17, 15) is 9.50 Å². The average molecular weight is 431 g/mol. The molecule has 2 aromatic carbocycles. The highest BCUT2D eigenvalue weighted by molar-refractivity contribution is 6.32. The molecular formula is C22H24ClFN4O2. The molecule has 1 saturated heterocycles. The van der Waals surface area contributed by atoms with Gasteiger partial charge in [0.2, 0.25) is 0 Å². The van der Waals surface area contributed by atoms with E-state index < -0.39 is 12.3 Å². The van der Waals surface area contributed by atoms with Crippen molar-refractivity contribution in [3.05, 3.63) is 53.1 Å². The number of aromatic nitrogens is 2. The molecule has 158 valence electrons. The number of benzene rings is 2. The van der Waals surface area contributed by atoms with E-state index in [1.54, 1.807) is 7.11 Å². The number of halogens is 2. The third-order valence-corrected chi connectivity index (χ3v) is 5.88. The fraction of sp³-hybridized carbons (Fsp3) is 0.364. The highest BCUT2D eigenvalue weighted by Gasteiger charge is 2.34. The van der Waals surface area contributed by atoms with Crippen molar-refractivity contribution >= 4 is 34.0 Å². The van der Waals surface area contributed by atoms with Crippen LogP contribution in [0.5, 0.6) is 5.75 Å². The van der Waals surface area contributed by atoms with E-state index in [-0.39, 0.29) is 12.8 Å². The van der Waals surface area contributed by atoms with Crippen molar-refractivity contribution in [3.8, 4) is 5.75 Å². The quantitative estimate of drug-likeness (QED) is 0.610. The van der Waals surface area contributed by atoms with Crippen LogP contribution in [0.4, 0.5) is 16.0 Å². The Balaban J connectivity index is 1.56. The first-order valence-electron chi connectivity index (χ1n) is 9.89. The van der Waals surface area contributed by atoms with Crippen LogP contribution in [0.2, 0.25) is 5.02 Å². The van der Waals surface area contributed by atoms with Crippen molar-refractivity contribution in [1.82, 2.24) is 10.2 Å². The van der Waals surface area contributed by atoms with Crippen LogP contribution in [0.1, 0.15) is 18.4 Å². The van der Waals surface area contributed by atoms with Gasteiger partial charge < -0.3 is 20.1 Å². The van der Waals surface area contributed by atoms with Crippen molar-refractivity contribution in [2.24, 2.45) is 0 Å². The molecule has 30 heavy (non-hydrogen) atoms. The van der Waals surface area contributed by atoms with E-state index >= 15 is 0 Å². The van der Waals surface area contributed by atoms with E-state index in [1.165, 1.54) is 0 Å². The molecule has 0 saturated carbocycles. The first kappa shape index (κ1) is 20.6. The first-order valence-corrected chi connectivity index (χ1v) is 10.3. The molecule has 1 aromatic heterocycles. The summed E-state index contributed by atoms with van der Waals surface area (Å²) in [5.41, 5.74) is -0.504. The SMILES string of the molecule is COc1ccc(CNc2nnc(N3CCC(F)(CO)CC3)c3ccccc23)cc1Cl. The van der Waals surface area contributed by atoms with Gasteiger partial charge in [-0.3, -0.25) is 0 Å². The van der Waals surface area contributed by atoms with Crippen LogP contribution in [-0.4, -0.2) is 47.8 Å². The number of fused-ring (bicyclic) bond motifs is 1. The lowest BCUT2D eigenvalue weighted by molar-refractivity contribution is 0.0480. The maximum absolute atomic E-state index is 14.4. The van der Waals surface area contributed by atoms with Crippen LogP contribution in [0, 0.1) is 0 Å². The molecule has 2 N–H and O–H groups in total. The lowest BCUT2D eigenvalue weighted by Crippen LogP contribution is -2.44. The molecule has 0 atom stereocenters. The Kier molecular flexibility index (Phi) is 5.92. The Hall–Kier alpha value is -2.64. The van der Waals surface area contributed by atoms with Gasteiger partial charge in [0.1, 0.15) is 11.4 Å². The summed E-state index contributed by atoms with van der Waals surface area (Å²) >= 11 is 6.22. The zero-order chi connectivity index (χ0) is 21.1. The summed E-state index contributed by atoms with van der Waals surface area (Å²) in [6, 6.07) is 13.5. The number of anilines is 2. The van der Waals surface area contributed by atoms with Crippen molar-refractivity contribution < 1.29 is 14.2 Å². The van der Waals surface area contributed by atoms with Gasteiger partial charge in [0.25, 0.3) is 0 Å². The van der Waals surface area contributed by atoms with Crippen molar-refractivity contribution in [3.63, 3.8) is 0 Å². The number of hydrogen-bond acceptors (Lipinski definition) is 6. The molecule has 4 rings (SSSR count). The maximum Gasteiger partial charge on any atom is 0.159 e. The molecule has 0 unspecified atom stereocenters. The minimum absolute atomic E-state index is 0.276. The Morgan fingerprint density at radius 3 is 2.57 bits per heavy atom. The number of rotatable bonds is 6. The first-order chi connectivity index (χ1) is 14.5. The number of nitrogens with one attached hydrogen (secondary N) is 1. The molecule has 3 aromatic rings. The third kappa shape index (κ3) is 4.13. The van der Waals surface area contributed by atoms with Crippen molar-refractivity contribution in [1.29, 1.82) is 0 Å². The standard InChI is InChI=1S/C22H24ClFN4O2/c1-30-19-7-6-15(12-18(19)23)13-25-20-16-4-2-3-5-17(16)21(27-26-20)28-10-8-22(24,14-29)9-11-28/h2-7,12,29H,8-11,13-14H2,1H3,(H,25,26). The fourth-order valence-electron chi connectivity index (χ4n) is 3.74. The number of piperidine rings is 1. The third-order valence-electron chi connectivity index (χ3n) is 5.59. The van der Waals surface area contributed by atoms with Crippen LogP contribution in [0.3, 0.4) is 0 Å². The van der Waals surface area contributed by atoms with Gasteiger partial charge in [0, 0.05) is 43.2 Å². The Labute approximate surface area is 179 Å². The number of aliphatic hydroxyl groups is 1. The molecule has 2 heterocycles. The number of ether oxygens (including phenoxy) is 1. The van der Waals surface area contributed by atoms with Gasteiger partial charge in [0.15, 0.2) is 11.6 Å². The van der Waals surface area contributed by atoms with Crippen LogP contribution >= 0.6 is 11.6 Å². The van der Waals surface area contributed by atoms with E-state index in [1.807, 2.05) is 47.4 Å². The van der Waals surface area contributed by atoms with Crippen LogP contribution < -0.4 is 15.0 Å². The Morgan fingerprint density at radius 1 is 1.17 bits per heavy atom. The maximum atomic E-state index is 14.4. The van der Waals surface area contributed by atoms with Gasteiger partial charge in [-0.15, -0.1) is 10.2 Å². The van der Waals surface area contributed by atoms with Crippen LogP contribution in [0.15, 0.2) is 42.5 Å². The molecule has 1 aliphatic heterocycles. The molecular weight excluding hydrogens is 407 g/mol. The van der Waals surface area contributed by atoms with E-state index in [0.29, 0.717) is 36.2 Å². The Morgan fingerprint density at radius 2 is 1.90 bits per heavy atom. The number of hydrogen-bond donors (Lipinski definition) is 2. The van der Waals surface area contributed by atoms with Gasteiger partial charge in [-0.2, -0.15) is 0 Å². The van der Waals surface area contributed by atoms with Gasteiger partial charge >= 0.3 is 0 Å². The zero-order valence-electron chi connectivity index (χ0n) is 16.7. The summed E-state index contributed by atoms with van der Waals surface area (Å²) in [4.78, 5) is 2.04. The average Bonchev–Trinajstić information content (AvgIpc) is 2.78. The second kappa shape index (κ2) is 8.62. The lowest BCUT2D eigenvalue weighted by atomic mass is 9.94. The Bertz CT molecular complexity index is 1040. The fourth-order valence-corrected chi connectivity index (χ4v) is 4.02. The highest BCUT2D eigenvalue weighted by Crippen LogP contribution is 2.33. The minimum Gasteiger partial charge on any atom is -0.495 e. The highest BCUT2D eigenvalue weighted by atomic mass is 35.5. The predicted octanol–water partition coefficient (Wildman–Crippen LogP) is 4.20. The topological polar surface area (TPSA) is 70.5 Å². The van der Waals surface area contributed by atoms with E-state index in [4.69, 9.17) is 16.3 Å². The van der Waals surface area contributed by atoms with Crippen molar-refractivity contribution in [2.75, 3.05) is 37.0 Å². The molecule has 0 amide bonds. The summed E-state index contributed by atoms with van der Waals surface area (Å²) in [6.07, 6.45) is 0.551. The lowest BCUT2D eigenvalue weighted by Gasteiger charge is -2.36. The number of alkyl halides is 1. The molecule has 0 spiro atoms. The summed E-state index contributed by atoms with van der Waals surface area (Å²) < 4.78 is 19.6. The minimum atomic E-state index is -1.50. The molecule has 1 fully saturated rings. The number of nitrogens with zero attached hydrogens (tertiary/aromatic N) is 3. The van der Waals surface area contributed by atoms with Crippen LogP contribution in [-0.2, 0) is 6.54 Å². The molecule has 1 aliphatic rings. The summed E-state index contributed by atoms with van der Waals surface area (Å²) in [5, 5.41) is 23.9. The zero-order valence-corrected chi connectivity index (χ0v) is 17.5. The summed E-state index contributed by atoms with van der Waals surface area (Å²) in [5.74, 6) is 2.05. The van der Waals surface area contributed by atoms with E-state index in [2.05, 4.69) is 15.5 Å². The van der Waals surface area contributed by atoms with Gasteiger partial charge in [-0.05, 0) is 17.7 Å². The summed E-state index contributed by atoms with van der Waals surface area (Å²) in [6.45, 7) is 1.08. The van der Waals surface area contributed by atoms with Gasteiger partial charge in [-0.1, -0.05) is 41.9 Å². The predicted molar refractivity (Wildman–Crippen MR) is 117 cm³/mol.